The molecule has 0 aliphatic carbocycles. The number of amides is 1. The van der Waals surface area contributed by atoms with E-state index in [0.29, 0.717) is 16.9 Å². The number of aryl methyl sites for hydroxylation is 1. The number of aromatic nitrogens is 4. The highest BCUT2D eigenvalue weighted by molar-refractivity contribution is 6.06. The number of pyridine rings is 1. The number of halogens is 4. The van der Waals surface area contributed by atoms with Gasteiger partial charge in [-0.2, -0.15) is 18.3 Å². The molecule has 1 N–H and O–H groups in total. The molecule has 0 radical (unpaired) electrons. The van der Waals surface area contributed by atoms with Crippen LogP contribution in [0, 0.1) is 5.82 Å². The van der Waals surface area contributed by atoms with Crippen molar-refractivity contribution in [3.8, 4) is 22.5 Å². The van der Waals surface area contributed by atoms with Crippen molar-refractivity contribution in [2.75, 3.05) is 5.32 Å². The minimum atomic E-state index is -4.64. The number of alkyl halides is 3. The van der Waals surface area contributed by atoms with Crippen molar-refractivity contribution in [3.05, 3.63) is 96.1 Å². The number of anilines is 1. The Morgan fingerprint density at radius 2 is 1.77 bits per heavy atom. The number of nitrogens with zero attached hydrogens (tertiary/aromatic N) is 4. The molecule has 35 heavy (non-hydrogen) atoms. The molecule has 0 aliphatic rings. The van der Waals surface area contributed by atoms with Crippen LogP contribution in [0.25, 0.3) is 28.2 Å². The molecule has 0 saturated heterocycles. The van der Waals surface area contributed by atoms with Crippen LogP contribution in [0.4, 0.5) is 23.4 Å². The SMILES string of the molecule is Cn1ccc(-c2cc(C(=O)Nc3c(-c4ccccc4)nc4ccc(F)cn34)ccc2C(F)(F)F)n1. The van der Waals surface area contributed by atoms with Gasteiger partial charge < -0.3 is 5.32 Å². The number of hydrogen-bond acceptors (Lipinski definition) is 3. The van der Waals surface area contributed by atoms with E-state index in [0.717, 1.165) is 18.2 Å². The number of rotatable bonds is 4. The quantitative estimate of drug-likeness (QED) is 0.331. The predicted molar refractivity (Wildman–Crippen MR) is 122 cm³/mol. The largest absolute Gasteiger partial charge is 0.417 e. The number of carbonyl (C=O) groups excluding carboxylic acids is 1. The maximum atomic E-state index is 14.0. The van der Waals surface area contributed by atoms with Gasteiger partial charge in [-0.1, -0.05) is 30.3 Å². The number of nitrogens with one attached hydrogen (secondary N) is 1. The van der Waals surface area contributed by atoms with Crippen LogP contribution >= 0.6 is 0 Å². The van der Waals surface area contributed by atoms with Gasteiger partial charge in [0.25, 0.3) is 5.91 Å². The first-order chi connectivity index (χ1) is 16.7. The highest BCUT2D eigenvalue weighted by atomic mass is 19.4. The summed E-state index contributed by atoms with van der Waals surface area (Å²) in [5.74, 6) is -1.04. The molecule has 0 aliphatic heterocycles. The Morgan fingerprint density at radius 3 is 2.46 bits per heavy atom. The van der Waals surface area contributed by atoms with Gasteiger partial charge in [-0.05, 0) is 36.4 Å². The van der Waals surface area contributed by atoms with E-state index in [4.69, 9.17) is 0 Å². The number of benzene rings is 2. The third kappa shape index (κ3) is 4.25. The van der Waals surface area contributed by atoms with Gasteiger partial charge in [0, 0.05) is 36.1 Å². The van der Waals surface area contributed by atoms with Gasteiger partial charge in [-0.3, -0.25) is 13.9 Å². The van der Waals surface area contributed by atoms with Gasteiger partial charge in [-0.25, -0.2) is 9.37 Å². The van der Waals surface area contributed by atoms with Crippen molar-refractivity contribution in [2.24, 2.45) is 7.05 Å². The zero-order chi connectivity index (χ0) is 24.7. The van der Waals surface area contributed by atoms with Crippen LogP contribution in [0.1, 0.15) is 15.9 Å². The smallest absolute Gasteiger partial charge is 0.306 e. The normalized spacial score (nSPS) is 11.7. The molecule has 10 heteroatoms. The molecule has 5 rings (SSSR count). The predicted octanol–water partition coefficient (Wildman–Crippen LogP) is 5.81. The van der Waals surface area contributed by atoms with E-state index in [1.54, 1.807) is 31.3 Å². The molecule has 0 atom stereocenters. The Hall–Kier alpha value is -4.47. The minimum Gasteiger partial charge on any atom is -0.306 e. The molecular formula is C25H17F4N5O. The fraction of sp³-hybridized carbons (Fsp3) is 0.0800. The van der Waals surface area contributed by atoms with Crippen LogP contribution in [0.3, 0.4) is 0 Å². The summed E-state index contributed by atoms with van der Waals surface area (Å²) in [7, 11) is 1.59. The van der Waals surface area contributed by atoms with Crippen LogP contribution in [-0.2, 0) is 13.2 Å². The van der Waals surface area contributed by atoms with Gasteiger partial charge in [-0.15, -0.1) is 0 Å². The molecule has 0 fully saturated rings. The summed E-state index contributed by atoms with van der Waals surface area (Å²) in [5, 5.41) is 6.77. The maximum absolute atomic E-state index is 14.0. The van der Waals surface area contributed by atoms with Crippen LogP contribution in [0.15, 0.2) is 79.1 Å². The van der Waals surface area contributed by atoms with Crippen molar-refractivity contribution in [1.29, 1.82) is 0 Å². The molecular weight excluding hydrogens is 462 g/mol. The van der Waals surface area contributed by atoms with Gasteiger partial charge in [0.2, 0.25) is 0 Å². The summed E-state index contributed by atoms with van der Waals surface area (Å²) in [6, 6.07) is 16.2. The van der Waals surface area contributed by atoms with Gasteiger partial charge in [0.15, 0.2) is 0 Å². The van der Waals surface area contributed by atoms with Crippen molar-refractivity contribution >= 4 is 17.4 Å². The zero-order valence-electron chi connectivity index (χ0n) is 18.2. The first-order valence-corrected chi connectivity index (χ1v) is 10.5. The van der Waals surface area contributed by atoms with E-state index in [1.165, 1.54) is 39.7 Å². The van der Waals surface area contributed by atoms with Crippen molar-refractivity contribution < 1.29 is 22.4 Å². The van der Waals surface area contributed by atoms with Crippen LogP contribution in [0.2, 0.25) is 0 Å². The van der Waals surface area contributed by atoms with Gasteiger partial charge in [0.05, 0.1) is 11.3 Å². The molecule has 0 bridgehead atoms. The number of imidazole rings is 1. The Morgan fingerprint density at radius 1 is 1.00 bits per heavy atom. The van der Waals surface area contributed by atoms with E-state index >= 15 is 0 Å². The van der Waals surface area contributed by atoms with Crippen LogP contribution < -0.4 is 5.32 Å². The van der Waals surface area contributed by atoms with Crippen molar-refractivity contribution in [2.45, 2.75) is 6.18 Å². The first kappa shape index (κ1) is 22.3. The van der Waals surface area contributed by atoms with Crippen molar-refractivity contribution in [3.63, 3.8) is 0 Å². The minimum absolute atomic E-state index is 0.0241. The van der Waals surface area contributed by atoms with Crippen LogP contribution in [-0.4, -0.2) is 25.1 Å². The summed E-state index contributed by atoms with van der Waals surface area (Å²) in [5.41, 5.74) is 0.380. The first-order valence-electron chi connectivity index (χ1n) is 10.5. The second-order valence-electron chi connectivity index (χ2n) is 7.84. The number of hydrogen-bond donors (Lipinski definition) is 1. The fourth-order valence-electron chi connectivity index (χ4n) is 3.82. The Bertz CT molecular complexity index is 1550. The fourth-order valence-corrected chi connectivity index (χ4v) is 3.82. The standard InChI is InChI=1S/C25H17F4N5O/c1-33-12-11-20(32-33)18-13-16(7-9-19(18)25(27,28)29)24(35)31-23-22(15-5-3-2-4-6-15)30-21-10-8-17(26)14-34(21)23/h2-14H,1H3,(H,31,35). The zero-order valence-corrected chi connectivity index (χ0v) is 18.2. The molecule has 0 unspecified atom stereocenters. The lowest BCUT2D eigenvalue weighted by Crippen LogP contribution is -2.16. The lowest BCUT2D eigenvalue weighted by atomic mass is 10.0. The average Bonchev–Trinajstić information content (AvgIpc) is 3.42. The molecule has 0 spiro atoms. The highest BCUT2D eigenvalue weighted by Crippen LogP contribution is 2.37. The molecule has 6 nitrogen and oxygen atoms in total. The number of carbonyl (C=O) groups is 1. The molecule has 0 saturated carbocycles. The molecule has 3 heterocycles. The third-order valence-corrected chi connectivity index (χ3v) is 5.44. The summed E-state index contributed by atoms with van der Waals surface area (Å²) in [6.45, 7) is 0. The monoisotopic (exact) mass is 479 g/mol. The van der Waals surface area contributed by atoms with E-state index < -0.39 is 23.5 Å². The summed E-state index contributed by atoms with van der Waals surface area (Å²) >= 11 is 0. The number of fused-ring (bicyclic) bond motifs is 1. The lowest BCUT2D eigenvalue weighted by molar-refractivity contribution is -0.137. The van der Waals surface area contributed by atoms with E-state index in [1.807, 2.05) is 6.07 Å². The lowest BCUT2D eigenvalue weighted by Gasteiger charge is -2.14. The van der Waals surface area contributed by atoms with Crippen molar-refractivity contribution in [1.82, 2.24) is 19.2 Å². The topological polar surface area (TPSA) is 64.2 Å². The summed E-state index contributed by atoms with van der Waals surface area (Å²) < 4.78 is 57.7. The molecule has 5 aromatic rings. The second-order valence-corrected chi connectivity index (χ2v) is 7.84. The average molecular weight is 479 g/mol. The third-order valence-electron chi connectivity index (χ3n) is 5.44. The Balaban J connectivity index is 1.60. The van der Waals surface area contributed by atoms with Crippen LogP contribution in [0.5, 0.6) is 0 Å². The summed E-state index contributed by atoms with van der Waals surface area (Å²) in [4.78, 5) is 17.7. The van der Waals surface area contributed by atoms with E-state index in [9.17, 15) is 22.4 Å². The van der Waals surface area contributed by atoms with Gasteiger partial charge >= 0.3 is 6.18 Å². The van der Waals surface area contributed by atoms with Gasteiger partial charge in [0.1, 0.15) is 23.0 Å². The summed E-state index contributed by atoms with van der Waals surface area (Å²) in [6.07, 6.45) is -1.95. The Labute approximate surface area is 196 Å². The molecule has 3 aromatic heterocycles. The Kier molecular flexibility index (Phi) is 5.35. The molecule has 1 amide bonds. The van der Waals surface area contributed by atoms with E-state index in [2.05, 4.69) is 15.4 Å². The molecule has 2 aromatic carbocycles. The van der Waals surface area contributed by atoms with E-state index in [-0.39, 0.29) is 22.6 Å². The second kappa shape index (κ2) is 8.39. The maximum Gasteiger partial charge on any atom is 0.417 e. The molecule has 176 valence electrons. The highest BCUT2D eigenvalue weighted by Gasteiger charge is 2.34.